The molecule has 1 aromatic heterocycles. The van der Waals surface area contributed by atoms with Crippen LogP contribution < -0.4 is 5.73 Å². The molecule has 0 spiro atoms. The highest BCUT2D eigenvalue weighted by Crippen LogP contribution is 2.28. The van der Waals surface area contributed by atoms with Gasteiger partial charge in [0.15, 0.2) is 5.03 Å². The van der Waals surface area contributed by atoms with Crippen molar-refractivity contribution >= 4 is 10.0 Å². The molecule has 1 aromatic rings. The van der Waals surface area contributed by atoms with E-state index >= 15 is 0 Å². The second-order valence-electron chi connectivity index (χ2n) is 6.18. The zero-order chi connectivity index (χ0) is 15.6. The van der Waals surface area contributed by atoms with Crippen molar-refractivity contribution in [1.82, 2.24) is 14.5 Å². The molecule has 0 aliphatic carbocycles. The Labute approximate surface area is 127 Å². The van der Waals surface area contributed by atoms with E-state index in [0.717, 1.165) is 25.0 Å². The molecule has 0 amide bonds. The normalized spacial score (nSPS) is 21.7. The predicted octanol–water partition coefficient (Wildman–Crippen LogP) is 1.62. The van der Waals surface area contributed by atoms with Crippen molar-refractivity contribution in [2.24, 2.45) is 17.6 Å². The zero-order valence-electron chi connectivity index (χ0n) is 13.1. The van der Waals surface area contributed by atoms with Crippen molar-refractivity contribution in [1.29, 1.82) is 0 Å². The van der Waals surface area contributed by atoms with E-state index in [4.69, 9.17) is 5.73 Å². The molecule has 2 heterocycles. The average molecular weight is 314 g/mol. The summed E-state index contributed by atoms with van der Waals surface area (Å²) < 4.78 is 27.2. The van der Waals surface area contributed by atoms with E-state index in [9.17, 15) is 8.42 Å². The topological polar surface area (TPSA) is 92.1 Å². The van der Waals surface area contributed by atoms with Gasteiger partial charge in [0.2, 0.25) is 0 Å². The van der Waals surface area contributed by atoms with E-state index in [1.165, 1.54) is 0 Å². The predicted molar refractivity (Wildman–Crippen MR) is 82.2 cm³/mol. The van der Waals surface area contributed by atoms with Crippen molar-refractivity contribution in [3.05, 3.63) is 11.3 Å². The summed E-state index contributed by atoms with van der Waals surface area (Å²) in [5.74, 6) is 1.19. The summed E-state index contributed by atoms with van der Waals surface area (Å²) in [4.78, 5) is 0. The summed E-state index contributed by atoms with van der Waals surface area (Å²) >= 11 is 0. The maximum atomic E-state index is 12.8. The summed E-state index contributed by atoms with van der Waals surface area (Å²) in [6.45, 7) is 7.53. The zero-order valence-corrected chi connectivity index (χ0v) is 13.9. The molecule has 1 aliphatic heterocycles. The number of hydrogen-bond acceptors (Lipinski definition) is 4. The van der Waals surface area contributed by atoms with Crippen LogP contribution in [-0.4, -0.2) is 36.0 Å². The monoisotopic (exact) mass is 314 g/mol. The highest BCUT2D eigenvalue weighted by molar-refractivity contribution is 7.89. The molecule has 120 valence electrons. The molecule has 0 radical (unpaired) electrons. The van der Waals surface area contributed by atoms with Gasteiger partial charge in [-0.1, -0.05) is 13.8 Å². The lowest BCUT2D eigenvalue weighted by molar-refractivity contribution is 0.340. The van der Waals surface area contributed by atoms with Crippen molar-refractivity contribution in [3.63, 3.8) is 0 Å². The molecule has 0 aromatic carbocycles. The number of aromatic nitrogens is 2. The fourth-order valence-electron chi connectivity index (χ4n) is 3.01. The molecular formula is C14H26N4O2S. The molecule has 0 bridgehead atoms. The van der Waals surface area contributed by atoms with E-state index in [1.807, 2.05) is 0 Å². The van der Waals surface area contributed by atoms with Crippen LogP contribution in [0.3, 0.4) is 0 Å². The molecule has 1 fully saturated rings. The van der Waals surface area contributed by atoms with Crippen molar-refractivity contribution in [3.8, 4) is 0 Å². The fourth-order valence-corrected chi connectivity index (χ4v) is 4.68. The van der Waals surface area contributed by atoms with Crippen LogP contribution in [0.4, 0.5) is 0 Å². The van der Waals surface area contributed by atoms with Crippen LogP contribution in [0.15, 0.2) is 5.03 Å². The Bertz CT molecular complexity index is 580. The van der Waals surface area contributed by atoms with Gasteiger partial charge in [-0.15, -0.1) is 0 Å². The van der Waals surface area contributed by atoms with Crippen molar-refractivity contribution < 1.29 is 8.42 Å². The smallest absolute Gasteiger partial charge is 0.262 e. The second-order valence-corrected chi connectivity index (χ2v) is 8.03. The Balaban J connectivity index is 2.23. The highest BCUT2D eigenvalue weighted by atomic mass is 32.2. The molecule has 7 heteroatoms. The molecule has 1 unspecified atom stereocenters. The minimum atomic E-state index is -3.55. The van der Waals surface area contributed by atoms with E-state index in [1.54, 1.807) is 11.2 Å². The number of hydrogen-bond donors (Lipinski definition) is 2. The summed E-state index contributed by atoms with van der Waals surface area (Å²) in [6, 6.07) is 0. The Morgan fingerprint density at radius 3 is 2.71 bits per heavy atom. The molecule has 1 aliphatic rings. The first kappa shape index (κ1) is 16.5. The Morgan fingerprint density at radius 2 is 2.10 bits per heavy atom. The number of nitrogens with two attached hydrogens (primary N) is 1. The largest absolute Gasteiger partial charge is 0.326 e. The lowest BCUT2D eigenvalue weighted by atomic mass is 9.89. The average Bonchev–Trinajstić information content (AvgIpc) is 2.65. The lowest BCUT2D eigenvalue weighted by Crippen LogP contribution is -2.33. The first-order chi connectivity index (χ1) is 9.87. The second kappa shape index (κ2) is 6.46. The molecule has 2 rings (SSSR count). The van der Waals surface area contributed by atoms with Gasteiger partial charge in [-0.25, -0.2) is 8.42 Å². The number of aryl methyl sites for hydroxylation is 1. The van der Waals surface area contributed by atoms with Gasteiger partial charge in [-0.05, 0) is 38.0 Å². The number of H-pyrrole nitrogens is 1. The number of sulfonamides is 1. The Morgan fingerprint density at radius 1 is 1.38 bits per heavy atom. The van der Waals surface area contributed by atoms with Gasteiger partial charge in [0.05, 0.1) is 0 Å². The van der Waals surface area contributed by atoms with Gasteiger partial charge >= 0.3 is 0 Å². The number of aromatic amines is 1. The molecule has 21 heavy (non-hydrogen) atoms. The number of rotatable bonds is 4. The van der Waals surface area contributed by atoms with Gasteiger partial charge < -0.3 is 5.73 Å². The van der Waals surface area contributed by atoms with Crippen LogP contribution in [0.1, 0.15) is 44.4 Å². The maximum Gasteiger partial charge on any atom is 0.262 e. The van der Waals surface area contributed by atoms with Gasteiger partial charge in [0, 0.05) is 30.9 Å². The molecule has 0 saturated carbocycles. The van der Waals surface area contributed by atoms with E-state index in [-0.39, 0.29) is 11.6 Å². The molecule has 1 atom stereocenters. The lowest BCUT2D eigenvalue weighted by Gasteiger charge is -2.20. The minimum Gasteiger partial charge on any atom is -0.326 e. The van der Waals surface area contributed by atoms with Crippen LogP contribution in [0.25, 0.3) is 0 Å². The van der Waals surface area contributed by atoms with Crippen molar-refractivity contribution in [2.45, 2.75) is 51.6 Å². The van der Waals surface area contributed by atoms with Gasteiger partial charge in [0.25, 0.3) is 10.0 Å². The quantitative estimate of drug-likeness (QED) is 0.883. The summed E-state index contributed by atoms with van der Waals surface area (Å²) in [5.41, 5.74) is 7.00. The van der Waals surface area contributed by atoms with Crippen LogP contribution in [0, 0.1) is 18.8 Å². The molecule has 6 nitrogen and oxygen atoms in total. The fraction of sp³-hybridized carbons (Fsp3) is 0.786. The Kier molecular flexibility index (Phi) is 5.06. The minimum absolute atomic E-state index is 0.102. The number of nitrogens with zero attached hydrogens (tertiary/aromatic N) is 2. The summed E-state index contributed by atoms with van der Waals surface area (Å²) in [6.07, 6.45) is 2.91. The van der Waals surface area contributed by atoms with Gasteiger partial charge in [-0.3, -0.25) is 5.10 Å². The van der Waals surface area contributed by atoms with Crippen LogP contribution in [0.2, 0.25) is 0 Å². The highest BCUT2D eigenvalue weighted by Gasteiger charge is 2.32. The Hall–Kier alpha value is -0.920. The third-order valence-electron chi connectivity index (χ3n) is 4.50. The van der Waals surface area contributed by atoms with Crippen LogP contribution in [-0.2, 0) is 16.6 Å². The SMILES string of the molecule is Cc1[nH]nc(S(=O)(=O)N2CCCC(C(C)C)CC2)c1CN. The van der Waals surface area contributed by atoms with E-state index < -0.39 is 10.0 Å². The van der Waals surface area contributed by atoms with E-state index in [2.05, 4.69) is 24.0 Å². The first-order valence-corrected chi connectivity index (χ1v) is 9.06. The molecule has 3 N–H and O–H groups in total. The van der Waals surface area contributed by atoms with Crippen LogP contribution >= 0.6 is 0 Å². The maximum absolute atomic E-state index is 12.8. The number of nitrogens with one attached hydrogen (secondary N) is 1. The standard InChI is InChI=1S/C14H26N4O2S/c1-10(2)12-5-4-7-18(8-6-12)21(19,20)14-13(9-15)11(3)16-17-14/h10,12H,4-9,15H2,1-3H3,(H,16,17). The first-order valence-electron chi connectivity index (χ1n) is 7.62. The summed E-state index contributed by atoms with van der Waals surface area (Å²) in [7, 11) is -3.55. The molecular weight excluding hydrogens is 288 g/mol. The van der Waals surface area contributed by atoms with Crippen LogP contribution in [0.5, 0.6) is 0 Å². The van der Waals surface area contributed by atoms with Gasteiger partial charge in [-0.2, -0.15) is 9.40 Å². The van der Waals surface area contributed by atoms with Gasteiger partial charge in [0.1, 0.15) is 0 Å². The van der Waals surface area contributed by atoms with E-state index in [0.29, 0.717) is 30.5 Å². The summed E-state index contributed by atoms with van der Waals surface area (Å²) in [5, 5.41) is 6.83. The van der Waals surface area contributed by atoms with Crippen molar-refractivity contribution in [2.75, 3.05) is 13.1 Å². The third kappa shape index (κ3) is 3.30. The third-order valence-corrected chi connectivity index (χ3v) is 6.37. The molecule has 1 saturated heterocycles.